The fourth-order valence-electron chi connectivity index (χ4n) is 4.42. The number of pyridine rings is 2. The van der Waals surface area contributed by atoms with Gasteiger partial charge >= 0.3 is 11.9 Å². The molecule has 6 rings (SSSR count). The van der Waals surface area contributed by atoms with Crippen molar-refractivity contribution >= 4 is 71.0 Å². The van der Waals surface area contributed by atoms with Crippen molar-refractivity contribution in [3.8, 4) is 50.2 Å². The predicted octanol–water partition coefficient (Wildman–Crippen LogP) is 7.13. The van der Waals surface area contributed by atoms with Gasteiger partial charge in [0.25, 0.3) is 0 Å². The number of methoxy groups -OCH3 is 2. The first-order valence-corrected chi connectivity index (χ1v) is 16.8. The number of esters is 2. The number of fused-ring (bicyclic) bond motifs is 2. The average Bonchev–Trinajstić information content (AvgIpc) is 3.78. The van der Waals surface area contributed by atoms with E-state index in [1.165, 1.54) is 11.3 Å². The molecule has 4 aromatic heterocycles. The van der Waals surface area contributed by atoms with Crippen molar-refractivity contribution in [1.29, 1.82) is 5.26 Å². The molecule has 250 valence electrons. The summed E-state index contributed by atoms with van der Waals surface area (Å²) in [6.07, 6.45) is 0. The Hall–Kier alpha value is -5.37. The van der Waals surface area contributed by atoms with Crippen LogP contribution < -0.4 is 9.47 Å². The van der Waals surface area contributed by atoms with Crippen LogP contribution in [-0.4, -0.2) is 69.5 Å². The van der Waals surface area contributed by atoms with Crippen molar-refractivity contribution in [2.24, 2.45) is 0 Å². The highest BCUT2D eigenvalue weighted by molar-refractivity contribution is 9.10. The molecular formula is C33H26BrN5O8S2. The van der Waals surface area contributed by atoms with Crippen molar-refractivity contribution in [3.63, 3.8) is 0 Å². The highest BCUT2D eigenvalue weighted by Gasteiger charge is 2.25. The number of aromatic nitrogens is 4. The number of benzene rings is 2. The molecule has 0 atom stereocenters. The van der Waals surface area contributed by atoms with Gasteiger partial charge < -0.3 is 29.2 Å². The van der Waals surface area contributed by atoms with Gasteiger partial charge in [-0.3, -0.25) is 0 Å². The Kier molecular flexibility index (Phi) is 10.9. The number of nitriles is 1. The van der Waals surface area contributed by atoms with Crippen LogP contribution in [0.2, 0.25) is 0 Å². The molecule has 16 heteroatoms. The van der Waals surface area contributed by atoms with E-state index in [1.54, 1.807) is 40.2 Å². The largest absolute Gasteiger partial charge is 0.504 e. The summed E-state index contributed by atoms with van der Waals surface area (Å²) in [5.41, 5.74) is 1.89. The second-order valence-corrected chi connectivity index (χ2v) is 12.4. The Bertz CT molecular complexity index is 2250. The van der Waals surface area contributed by atoms with Crippen molar-refractivity contribution in [2.45, 2.75) is 13.8 Å². The monoisotopic (exact) mass is 763 g/mol. The molecule has 0 aliphatic carbocycles. The number of rotatable bonds is 8. The van der Waals surface area contributed by atoms with Crippen LogP contribution >= 0.6 is 38.6 Å². The summed E-state index contributed by atoms with van der Waals surface area (Å²) in [6.45, 7) is 3.67. The minimum Gasteiger partial charge on any atom is -0.504 e. The molecule has 0 unspecified atom stereocenters. The molecule has 0 saturated carbocycles. The van der Waals surface area contributed by atoms with E-state index in [0.29, 0.717) is 41.0 Å². The van der Waals surface area contributed by atoms with Gasteiger partial charge in [0.2, 0.25) is 0 Å². The van der Waals surface area contributed by atoms with Crippen LogP contribution in [0.4, 0.5) is 0 Å². The molecule has 0 aliphatic rings. The predicted molar refractivity (Wildman–Crippen MR) is 186 cm³/mol. The summed E-state index contributed by atoms with van der Waals surface area (Å²) in [5, 5.41) is 31.4. The molecule has 0 fully saturated rings. The lowest BCUT2D eigenvalue weighted by Crippen LogP contribution is -2.08. The van der Waals surface area contributed by atoms with Crippen LogP contribution in [-0.2, 0) is 9.47 Å². The summed E-state index contributed by atoms with van der Waals surface area (Å²) in [5.74, 6) is -0.645. The van der Waals surface area contributed by atoms with Crippen LogP contribution in [0.1, 0.15) is 40.5 Å². The van der Waals surface area contributed by atoms with Gasteiger partial charge in [-0.2, -0.15) is 5.26 Å². The minimum absolute atomic E-state index is 0.0405. The number of hydrogen-bond acceptors (Lipinski definition) is 15. The van der Waals surface area contributed by atoms with Gasteiger partial charge in [-0.1, -0.05) is 24.3 Å². The zero-order valence-electron chi connectivity index (χ0n) is 26.3. The lowest BCUT2D eigenvalue weighted by Gasteiger charge is -2.04. The number of carbonyl (C=O) groups is 2. The molecule has 13 nitrogen and oxygen atoms in total. The normalized spacial score (nSPS) is 10.6. The van der Waals surface area contributed by atoms with Gasteiger partial charge in [-0.05, 0) is 54.0 Å². The molecular weight excluding hydrogens is 738 g/mol. The first-order valence-electron chi connectivity index (χ1n) is 14.4. The van der Waals surface area contributed by atoms with Crippen LogP contribution in [0.15, 0.2) is 53.1 Å². The van der Waals surface area contributed by atoms with E-state index in [1.807, 2.05) is 42.5 Å². The van der Waals surface area contributed by atoms with Gasteiger partial charge in [-0.15, -0.1) is 22.7 Å². The number of ether oxygens (including phenoxy) is 4. The highest BCUT2D eigenvalue weighted by Crippen LogP contribution is 2.41. The number of hydrogen-bond donors (Lipinski definition) is 2. The van der Waals surface area contributed by atoms with E-state index in [9.17, 15) is 25.1 Å². The van der Waals surface area contributed by atoms with Crippen molar-refractivity contribution in [2.75, 3.05) is 27.4 Å². The number of carbonyl (C=O) groups excluding carboxylic acids is 2. The maximum Gasteiger partial charge on any atom is 0.360 e. The maximum absolute atomic E-state index is 12.0. The molecule has 2 aromatic carbocycles. The molecule has 4 heterocycles. The van der Waals surface area contributed by atoms with Crippen LogP contribution in [0.25, 0.3) is 41.6 Å². The van der Waals surface area contributed by atoms with Gasteiger partial charge in [0.05, 0.1) is 27.4 Å². The number of aromatic hydroxyl groups is 2. The molecule has 2 N–H and O–H groups in total. The molecule has 0 aliphatic heterocycles. The lowest BCUT2D eigenvalue weighted by atomic mass is 10.2. The third kappa shape index (κ3) is 7.23. The van der Waals surface area contributed by atoms with Crippen molar-refractivity contribution in [1.82, 2.24) is 19.9 Å². The average molecular weight is 765 g/mol. The van der Waals surface area contributed by atoms with E-state index in [0.717, 1.165) is 22.5 Å². The fourth-order valence-corrected chi connectivity index (χ4v) is 7.03. The minimum atomic E-state index is -0.783. The molecule has 6 aromatic rings. The van der Waals surface area contributed by atoms with Gasteiger partial charge in [0, 0.05) is 11.1 Å². The second-order valence-electron chi connectivity index (χ2n) is 9.67. The third-order valence-electron chi connectivity index (χ3n) is 6.66. The number of thiazole rings is 2. The summed E-state index contributed by atoms with van der Waals surface area (Å²) in [6, 6.07) is 16.6. The SMILES string of the molecule is CCOC(=O)c1nc(Br)c2nc(-c3cccc(OC)c3)sc2c1O.CCOC(=O)c1nc(C#N)c2nc(-c3cccc(OC)c3)sc2c1O. The highest BCUT2D eigenvalue weighted by atomic mass is 79.9. The van der Waals surface area contributed by atoms with E-state index in [-0.39, 0.29) is 47.3 Å². The Morgan fingerprint density at radius 2 is 1.24 bits per heavy atom. The topological polar surface area (TPSA) is 187 Å². The van der Waals surface area contributed by atoms with E-state index < -0.39 is 11.9 Å². The first-order chi connectivity index (χ1) is 23.6. The third-order valence-corrected chi connectivity index (χ3v) is 9.44. The molecule has 0 saturated heterocycles. The number of nitrogens with zero attached hydrogens (tertiary/aromatic N) is 5. The van der Waals surface area contributed by atoms with Crippen molar-refractivity contribution < 1.29 is 38.7 Å². The zero-order valence-corrected chi connectivity index (χ0v) is 29.5. The fraction of sp³-hybridized carbons (Fsp3) is 0.182. The van der Waals surface area contributed by atoms with Crippen LogP contribution in [0.5, 0.6) is 23.0 Å². The smallest absolute Gasteiger partial charge is 0.360 e. The van der Waals surface area contributed by atoms with Crippen LogP contribution in [0.3, 0.4) is 0 Å². The molecule has 0 bridgehead atoms. The Morgan fingerprint density at radius 3 is 1.71 bits per heavy atom. The summed E-state index contributed by atoms with van der Waals surface area (Å²) >= 11 is 5.73. The molecule has 0 amide bonds. The summed E-state index contributed by atoms with van der Waals surface area (Å²) in [7, 11) is 3.15. The zero-order chi connectivity index (χ0) is 35.2. The maximum atomic E-state index is 12.0. The second kappa shape index (κ2) is 15.2. The van der Waals surface area contributed by atoms with Gasteiger partial charge in [-0.25, -0.2) is 29.5 Å². The van der Waals surface area contributed by atoms with Crippen molar-refractivity contribution in [3.05, 3.63) is 70.2 Å². The molecule has 0 spiro atoms. The Labute approximate surface area is 295 Å². The summed E-state index contributed by atoms with van der Waals surface area (Å²) < 4.78 is 21.4. The van der Waals surface area contributed by atoms with E-state index in [2.05, 4.69) is 35.9 Å². The van der Waals surface area contributed by atoms with Gasteiger partial charge in [0.15, 0.2) is 28.6 Å². The number of halogens is 1. The first kappa shape index (κ1) is 35.0. The standard InChI is InChI=1S/C17H13N3O4S.C16H13BrN2O4S/c1-3-24-17(22)13-14(21)15-12(11(8-18)19-13)20-16(25-15)9-5-4-6-10(7-9)23-2;1-3-23-16(21)10-12(20)13-11(14(17)18-10)19-15(24-13)8-5-4-6-9(7-8)22-2/h4-7,21H,3H2,1-2H3;4-7,20H,3H2,1-2H3. The molecule has 49 heavy (non-hydrogen) atoms. The van der Waals surface area contributed by atoms with Crippen LogP contribution in [0, 0.1) is 11.3 Å². The quantitative estimate of drug-likeness (QED) is 0.118. The lowest BCUT2D eigenvalue weighted by molar-refractivity contribution is 0.0506. The Morgan fingerprint density at radius 1 is 0.776 bits per heavy atom. The Balaban J connectivity index is 0.000000191. The molecule has 0 radical (unpaired) electrons. The van der Waals surface area contributed by atoms with E-state index >= 15 is 0 Å². The summed E-state index contributed by atoms with van der Waals surface area (Å²) in [4.78, 5) is 40.8. The van der Waals surface area contributed by atoms with Gasteiger partial charge in [0.1, 0.15) is 52.6 Å². The van der Waals surface area contributed by atoms with E-state index in [4.69, 9.17) is 18.9 Å².